The van der Waals surface area contributed by atoms with Crippen molar-refractivity contribution in [2.45, 2.75) is 76.9 Å². The van der Waals surface area contributed by atoms with Crippen LogP contribution in [0.25, 0.3) is 0 Å². The van der Waals surface area contributed by atoms with Gasteiger partial charge in [-0.25, -0.2) is 8.42 Å². The summed E-state index contributed by atoms with van der Waals surface area (Å²) in [5.74, 6) is -0.807. The molecule has 42 heavy (non-hydrogen) atoms. The monoisotopic (exact) mass is 629 g/mol. The van der Waals surface area contributed by atoms with Gasteiger partial charge in [-0.2, -0.15) is 0 Å². The zero-order valence-corrected chi connectivity index (χ0v) is 26.7. The number of hydrogen-bond acceptors (Lipinski definition) is 4. The molecule has 10 heteroatoms. The molecule has 1 aliphatic carbocycles. The van der Waals surface area contributed by atoms with Crippen molar-refractivity contribution in [3.63, 3.8) is 0 Å². The van der Waals surface area contributed by atoms with E-state index in [1.165, 1.54) is 17.0 Å². The molecule has 0 aromatic heterocycles. The number of aryl methyl sites for hydroxylation is 3. The van der Waals surface area contributed by atoms with E-state index < -0.39 is 28.5 Å². The first-order chi connectivity index (χ1) is 19.9. The van der Waals surface area contributed by atoms with Crippen molar-refractivity contribution in [1.29, 1.82) is 0 Å². The predicted molar refractivity (Wildman–Crippen MR) is 168 cm³/mol. The van der Waals surface area contributed by atoms with Gasteiger partial charge in [0.2, 0.25) is 11.8 Å². The minimum Gasteiger partial charge on any atom is -0.352 e. The summed E-state index contributed by atoms with van der Waals surface area (Å²) in [5, 5.41) is 3.76. The van der Waals surface area contributed by atoms with E-state index in [4.69, 9.17) is 23.2 Å². The fraction of sp³-hybridized carbons (Fsp3) is 0.375. The summed E-state index contributed by atoms with van der Waals surface area (Å²) in [6.07, 6.45) is 3.89. The van der Waals surface area contributed by atoms with E-state index in [0.717, 1.165) is 46.7 Å². The van der Waals surface area contributed by atoms with Crippen molar-refractivity contribution in [3.05, 3.63) is 93.0 Å². The van der Waals surface area contributed by atoms with Crippen LogP contribution in [0.4, 0.5) is 5.69 Å². The fourth-order valence-corrected chi connectivity index (χ4v) is 6.78. The Morgan fingerprint density at radius 3 is 2.19 bits per heavy atom. The number of hydrogen-bond donors (Lipinski definition) is 1. The number of carbonyl (C=O) groups is 2. The largest absolute Gasteiger partial charge is 0.352 e. The third-order valence-corrected chi connectivity index (χ3v) is 10.4. The van der Waals surface area contributed by atoms with E-state index in [2.05, 4.69) is 5.32 Å². The molecular weight excluding hydrogens is 593 g/mol. The second-order valence-electron chi connectivity index (χ2n) is 11.0. The predicted octanol–water partition coefficient (Wildman–Crippen LogP) is 6.59. The Kier molecular flexibility index (Phi) is 10.2. The summed E-state index contributed by atoms with van der Waals surface area (Å²) in [4.78, 5) is 29.0. The van der Waals surface area contributed by atoms with Crippen LogP contribution in [0.5, 0.6) is 0 Å². The zero-order valence-electron chi connectivity index (χ0n) is 24.4. The lowest BCUT2D eigenvalue weighted by Crippen LogP contribution is -2.52. The van der Waals surface area contributed by atoms with E-state index in [1.54, 1.807) is 49.4 Å². The maximum Gasteiger partial charge on any atom is 0.264 e. The topological polar surface area (TPSA) is 86.8 Å². The van der Waals surface area contributed by atoms with Gasteiger partial charge in [0.15, 0.2) is 0 Å². The van der Waals surface area contributed by atoms with Crippen LogP contribution in [0.15, 0.2) is 65.6 Å². The van der Waals surface area contributed by atoms with E-state index in [0.29, 0.717) is 21.3 Å². The van der Waals surface area contributed by atoms with Crippen molar-refractivity contribution in [2.75, 3.05) is 10.8 Å². The number of halogens is 2. The molecule has 7 nitrogen and oxygen atoms in total. The first kappa shape index (κ1) is 31.9. The lowest BCUT2D eigenvalue weighted by molar-refractivity contribution is -0.139. The highest BCUT2D eigenvalue weighted by Gasteiger charge is 2.33. The summed E-state index contributed by atoms with van der Waals surface area (Å²) >= 11 is 12.4. The van der Waals surface area contributed by atoms with Crippen LogP contribution >= 0.6 is 23.2 Å². The molecule has 0 saturated heterocycles. The molecule has 1 fully saturated rings. The molecule has 1 aliphatic rings. The summed E-state index contributed by atoms with van der Waals surface area (Å²) < 4.78 is 29.2. The molecule has 0 aliphatic heterocycles. The van der Waals surface area contributed by atoms with Crippen LogP contribution in [-0.4, -0.2) is 43.8 Å². The molecule has 0 bridgehead atoms. The minimum atomic E-state index is -4.13. The maximum atomic E-state index is 14.1. The fourth-order valence-electron chi connectivity index (χ4n) is 5.06. The van der Waals surface area contributed by atoms with Gasteiger partial charge >= 0.3 is 0 Å². The van der Waals surface area contributed by atoms with Gasteiger partial charge < -0.3 is 10.2 Å². The molecule has 224 valence electrons. The van der Waals surface area contributed by atoms with Crippen molar-refractivity contribution >= 4 is 50.7 Å². The number of nitrogens with zero attached hydrogens (tertiary/aromatic N) is 2. The SMILES string of the molecule is Cc1ccc(S(=O)(=O)N(CC(=O)N(Cc2ccc(Cl)c(Cl)c2)[C@@H](C)C(=O)NC2CCCC2)c2ccc(C)c(C)c2)cc1. The Morgan fingerprint density at radius 1 is 0.905 bits per heavy atom. The quantitative estimate of drug-likeness (QED) is 0.274. The second kappa shape index (κ2) is 13.5. The van der Waals surface area contributed by atoms with Gasteiger partial charge in [0.1, 0.15) is 12.6 Å². The van der Waals surface area contributed by atoms with Crippen molar-refractivity contribution < 1.29 is 18.0 Å². The van der Waals surface area contributed by atoms with Crippen LogP contribution in [-0.2, 0) is 26.2 Å². The van der Waals surface area contributed by atoms with Crippen LogP contribution in [0, 0.1) is 20.8 Å². The van der Waals surface area contributed by atoms with Crippen LogP contribution in [0.3, 0.4) is 0 Å². The Morgan fingerprint density at radius 2 is 1.57 bits per heavy atom. The summed E-state index contributed by atoms with van der Waals surface area (Å²) in [5.41, 5.74) is 3.83. The molecule has 0 spiro atoms. The van der Waals surface area contributed by atoms with Crippen molar-refractivity contribution in [2.24, 2.45) is 0 Å². The molecule has 0 unspecified atom stereocenters. The number of nitrogens with one attached hydrogen (secondary N) is 1. The average molecular weight is 631 g/mol. The van der Waals surface area contributed by atoms with E-state index in [-0.39, 0.29) is 23.4 Å². The van der Waals surface area contributed by atoms with Crippen molar-refractivity contribution in [3.8, 4) is 0 Å². The molecule has 1 N–H and O–H groups in total. The van der Waals surface area contributed by atoms with Gasteiger partial charge in [0.25, 0.3) is 10.0 Å². The van der Waals surface area contributed by atoms with Gasteiger partial charge in [0.05, 0.1) is 20.6 Å². The number of sulfonamides is 1. The van der Waals surface area contributed by atoms with Crippen LogP contribution in [0.1, 0.15) is 54.9 Å². The van der Waals surface area contributed by atoms with Gasteiger partial charge in [0, 0.05) is 12.6 Å². The van der Waals surface area contributed by atoms with E-state index in [1.807, 2.05) is 26.8 Å². The summed E-state index contributed by atoms with van der Waals surface area (Å²) in [6, 6.07) is 16.0. The highest BCUT2D eigenvalue weighted by atomic mass is 35.5. The number of rotatable bonds is 10. The third kappa shape index (κ3) is 7.46. The Labute approximate surface area is 258 Å². The standard InChI is InChI=1S/C32H37Cl2N3O4S/c1-21-9-14-28(15-10-21)42(40,41)37(27-13-11-22(2)23(3)17-27)20-31(38)36(19-25-12-16-29(33)30(34)18-25)24(4)32(39)35-26-7-5-6-8-26/h9-18,24,26H,5-8,19-20H2,1-4H3,(H,35,39)/t24-/m0/s1. The smallest absolute Gasteiger partial charge is 0.264 e. The number of anilines is 1. The molecule has 3 aromatic carbocycles. The Bertz CT molecular complexity index is 1550. The zero-order chi connectivity index (χ0) is 30.6. The number of amides is 2. The second-order valence-corrected chi connectivity index (χ2v) is 13.7. The molecule has 1 saturated carbocycles. The normalized spacial score (nSPS) is 14.4. The molecule has 3 aromatic rings. The molecule has 0 heterocycles. The number of carbonyl (C=O) groups excluding carboxylic acids is 2. The highest BCUT2D eigenvalue weighted by molar-refractivity contribution is 7.92. The highest BCUT2D eigenvalue weighted by Crippen LogP contribution is 2.28. The minimum absolute atomic E-state index is 0.0420. The van der Waals surface area contributed by atoms with Gasteiger partial charge in [-0.1, -0.05) is 65.9 Å². The van der Waals surface area contributed by atoms with Crippen molar-refractivity contribution in [1.82, 2.24) is 10.2 Å². The first-order valence-corrected chi connectivity index (χ1v) is 16.3. The van der Waals surface area contributed by atoms with Gasteiger partial charge in [-0.3, -0.25) is 13.9 Å². The van der Waals surface area contributed by atoms with E-state index >= 15 is 0 Å². The van der Waals surface area contributed by atoms with E-state index in [9.17, 15) is 18.0 Å². The lowest BCUT2D eigenvalue weighted by Gasteiger charge is -2.32. The molecule has 4 rings (SSSR count). The molecule has 0 radical (unpaired) electrons. The molecular formula is C32H37Cl2N3O4S. The first-order valence-electron chi connectivity index (χ1n) is 14.1. The average Bonchev–Trinajstić information content (AvgIpc) is 3.46. The van der Waals surface area contributed by atoms with Gasteiger partial charge in [-0.05, 0) is 93.6 Å². The Hall–Kier alpha value is -3.07. The van der Waals surface area contributed by atoms with Crippen LogP contribution < -0.4 is 9.62 Å². The van der Waals surface area contributed by atoms with Gasteiger partial charge in [-0.15, -0.1) is 0 Å². The maximum absolute atomic E-state index is 14.1. The van der Waals surface area contributed by atoms with Crippen LogP contribution in [0.2, 0.25) is 10.0 Å². The molecule has 2 amide bonds. The number of benzene rings is 3. The molecule has 1 atom stereocenters. The third-order valence-electron chi connectivity index (χ3n) is 7.87. The lowest BCUT2D eigenvalue weighted by atomic mass is 10.1. The summed E-state index contributed by atoms with van der Waals surface area (Å²) in [7, 11) is -4.13. The summed E-state index contributed by atoms with van der Waals surface area (Å²) in [6.45, 7) is 6.91. The Balaban J connectivity index is 1.71.